The van der Waals surface area contributed by atoms with Gasteiger partial charge in [0.25, 0.3) is 0 Å². The summed E-state index contributed by atoms with van der Waals surface area (Å²) >= 11 is 0. The van der Waals surface area contributed by atoms with Gasteiger partial charge in [-0.3, -0.25) is 0 Å². The van der Waals surface area contributed by atoms with Crippen molar-refractivity contribution in [2.75, 3.05) is 72.7 Å². The standard InChI is InChI=1S/C20H42O6/c1-5-8-11-23-18-19-26-20(4,9-12-24-16-14-21-6-2)10-13-25-17-15-22-7-3/h5-19H2,1-4H3. The van der Waals surface area contributed by atoms with Crippen molar-refractivity contribution in [3.63, 3.8) is 0 Å². The smallest absolute Gasteiger partial charge is 0.0707 e. The molecule has 0 saturated heterocycles. The number of unbranched alkanes of at least 4 members (excludes halogenated alkanes) is 1. The summed E-state index contributed by atoms with van der Waals surface area (Å²) in [6.07, 6.45) is 3.89. The first-order valence-electron chi connectivity index (χ1n) is 10.2. The van der Waals surface area contributed by atoms with Gasteiger partial charge in [0.15, 0.2) is 0 Å². The first-order valence-corrected chi connectivity index (χ1v) is 10.2. The Balaban J connectivity index is 4.02. The van der Waals surface area contributed by atoms with Gasteiger partial charge in [-0.2, -0.15) is 0 Å². The second-order valence-corrected chi connectivity index (χ2v) is 6.38. The molecule has 0 aliphatic heterocycles. The van der Waals surface area contributed by atoms with Crippen LogP contribution in [0.4, 0.5) is 0 Å². The normalized spacial score (nSPS) is 12.0. The summed E-state index contributed by atoms with van der Waals surface area (Å²) in [4.78, 5) is 0. The fourth-order valence-corrected chi connectivity index (χ4v) is 2.27. The number of rotatable bonds is 21. The van der Waals surface area contributed by atoms with E-state index < -0.39 is 0 Å². The number of hydrogen-bond donors (Lipinski definition) is 0. The zero-order valence-electron chi connectivity index (χ0n) is 17.6. The van der Waals surface area contributed by atoms with Crippen molar-refractivity contribution in [2.45, 2.75) is 59.0 Å². The molecule has 0 bridgehead atoms. The lowest BCUT2D eigenvalue weighted by atomic mass is 9.98. The third-order valence-electron chi connectivity index (χ3n) is 4.02. The van der Waals surface area contributed by atoms with Crippen LogP contribution in [0.25, 0.3) is 0 Å². The molecule has 0 rings (SSSR count). The molecule has 0 atom stereocenters. The Kier molecular flexibility index (Phi) is 19.3. The SMILES string of the molecule is CCCCOCCOC(C)(CCOCCOCC)CCOCCOCC. The van der Waals surface area contributed by atoms with E-state index in [0.717, 1.165) is 45.5 Å². The summed E-state index contributed by atoms with van der Waals surface area (Å²) in [5.74, 6) is 0. The maximum absolute atomic E-state index is 6.12. The van der Waals surface area contributed by atoms with Crippen molar-refractivity contribution in [3.8, 4) is 0 Å². The molecule has 0 saturated carbocycles. The monoisotopic (exact) mass is 378 g/mol. The van der Waals surface area contributed by atoms with Crippen molar-refractivity contribution >= 4 is 0 Å². The van der Waals surface area contributed by atoms with Crippen LogP contribution in [0.3, 0.4) is 0 Å². The van der Waals surface area contributed by atoms with Crippen LogP contribution < -0.4 is 0 Å². The molecule has 0 aliphatic carbocycles. The number of ether oxygens (including phenoxy) is 6. The maximum Gasteiger partial charge on any atom is 0.0707 e. The Morgan fingerprint density at radius 3 is 1.50 bits per heavy atom. The molecule has 0 aromatic rings. The minimum Gasteiger partial charge on any atom is -0.379 e. The molecule has 0 amide bonds. The highest BCUT2D eigenvalue weighted by atomic mass is 16.5. The first kappa shape index (κ1) is 25.8. The van der Waals surface area contributed by atoms with Crippen molar-refractivity contribution < 1.29 is 28.4 Å². The van der Waals surface area contributed by atoms with Crippen LogP contribution in [0.5, 0.6) is 0 Å². The molecule has 158 valence electrons. The third-order valence-corrected chi connectivity index (χ3v) is 4.02. The molecule has 6 nitrogen and oxygen atoms in total. The molecular weight excluding hydrogens is 336 g/mol. The minimum absolute atomic E-state index is 0.272. The van der Waals surface area contributed by atoms with Crippen LogP contribution >= 0.6 is 0 Å². The van der Waals surface area contributed by atoms with Crippen LogP contribution in [0.15, 0.2) is 0 Å². The van der Waals surface area contributed by atoms with Gasteiger partial charge >= 0.3 is 0 Å². The Bertz CT molecular complexity index is 234. The van der Waals surface area contributed by atoms with E-state index in [9.17, 15) is 0 Å². The van der Waals surface area contributed by atoms with Gasteiger partial charge in [0.2, 0.25) is 0 Å². The Morgan fingerprint density at radius 1 is 0.538 bits per heavy atom. The Labute approximate surface area is 160 Å². The fourth-order valence-electron chi connectivity index (χ4n) is 2.27. The summed E-state index contributed by atoms with van der Waals surface area (Å²) in [6, 6.07) is 0. The van der Waals surface area contributed by atoms with Gasteiger partial charge in [0, 0.05) is 33.0 Å². The maximum atomic E-state index is 6.12. The Morgan fingerprint density at radius 2 is 1.00 bits per heavy atom. The second kappa shape index (κ2) is 19.5. The van der Waals surface area contributed by atoms with Crippen molar-refractivity contribution in [1.29, 1.82) is 0 Å². The average Bonchev–Trinajstić information content (AvgIpc) is 2.64. The summed E-state index contributed by atoms with van der Waals surface area (Å²) in [5, 5.41) is 0. The Hall–Kier alpha value is -0.240. The third kappa shape index (κ3) is 17.2. The highest BCUT2D eigenvalue weighted by molar-refractivity contribution is 4.75. The summed E-state index contributed by atoms with van der Waals surface area (Å²) in [7, 11) is 0. The van der Waals surface area contributed by atoms with Gasteiger partial charge in [0.1, 0.15) is 0 Å². The molecule has 6 heteroatoms. The lowest BCUT2D eigenvalue weighted by Gasteiger charge is -2.30. The van der Waals surface area contributed by atoms with Crippen LogP contribution in [0, 0.1) is 0 Å². The van der Waals surface area contributed by atoms with Crippen molar-refractivity contribution in [1.82, 2.24) is 0 Å². The van der Waals surface area contributed by atoms with Gasteiger partial charge in [-0.1, -0.05) is 13.3 Å². The molecule has 26 heavy (non-hydrogen) atoms. The van der Waals surface area contributed by atoms with Crippen LogP contribution in [-0.2, 0) is 28.4 Å². The molecule has 0 N–H and O–H groups in total. The van der Waals surface area contributed by atoms with E-state index >= 15 is 0 Å². The highest BCUT2D eigenvalue weighted by Crippen LogP contribution is 2.20. The van der Waals surface area contributed by atoms with Gasteiger partial charge in [-0.15, -0.1) is 0 Å². The lowest BCUT2D eigenvalue weighted by Crippen LogP contribution is -2.34. The van der Waals surface area contributed by atoms with Crippen molar-refractivity contribution in [2.24, 2.45) is 0 Å². The largest absolute Gasteiger partial charge is 0.379 e. The van der Waals surface area contributed by atoms with Gasteiger partial charge < -0.3 is 28.4 Å². The molecular formula is C20H42O6. The molecule has 0 aliphatic rings. The molecule has 0 fully saturated rings. The van der Waals surface area contributed by atoms with Gasteiger partial charge in [-0.05, 0) is 40.0 Å². The summed E-state index contributed by atoms with van der Waals surface area (Å²) in [6.45, 7) is 15.6. The number of hydrogen-bond acceptors (Lipinski definition) is 6. The quantitative estimate of drug-likeness (QED) is 0.285. The summed E-state index contributed by atoms with van der Waals surface area (Å²) < 4.78 is 33.6. The van der Waals surface area contributed by atoms with E-state index in [1.54, 1.807) is 0 Å². The van der Waals surface area contributed by atoms with E-state index in [-0.39, 0.29) is 5.60 Å². The fraction of sp³-hybridized carbons (Fsp3) is 1.00. The van der Waals surface area contributed by atoms with Crippen LogP contribution in [0.2, 0.25) is 0 Å². The molecule has 0 heterocycles. The second-order valence-electron chi connectivity index (χ2n) is 6.38. The molecule has 0 radical (unpaired) electrons. The highest BCUT2D eigenvalue weighted by Gasteiger charge is 2.24. The predicted molar refractivity (Wildman–Crippen MR) is 104 cm³/mol. The van der Waals surface area contributed by atoms with E-state index in [0.29, 0.717) is 52.9 Å². The minimum atomic E-state index is -0.272. The topological polar surface area (TPSA) is 55.4 Å². The average molecular weight is 379 g/mol. The van der Waals surface area contributed by atoms with E-state index in [4.69, 9.17) is 28.4 Å². The lowest BCUT2D eigenvalue weighted by molar-refractivity contribution is -0.0905. The van der Waals surface area contributed by atoms with Crippen molar-refractivity contribution in [3.05, 3.63) is 0 Å². The van der Waals surface area contributed by atoms with E-state index in [1.165, 1.54) is 0 Å². The first-order chi connectivity index (χ1) is 12.7. The molecule has 0 aromatic carbocycles. The summed E-state index contributed by atoms with van der Waals surface area (Å²) in [5.41, 5.74) is -0.272. The zero-order valence-corrected chi connectivity index (χ0v) is 17.6. The van der Waals surface area contributed by atoms with E-state index in [1.807, 2.05) is 13.8 Å². The van der Waals surface area contributed by atoms with Crippen LogP contribution in [0.1, 0.15) is 53.4 Å². The van der Waals surface area contributed by atoms with E-state index in [2.05, 4.69) is 13.8 Å². The molecule has 0 unspecified atom stereocenters. The van der Waals surface area contributed by atoms with Crippen LogP contribution in [-0.4, -0.2) is 78.3 Å². The molecule has 0 spiro atoms. The molecule has 0 aromatic heterocycles. The van der Waals surface area contributed by atoms with Gasteiger partial charge in [0.05, 0.1) is 45.2 Å². The van der Waals surface area contributed by atoms with Gasteiger partial charge in [-0.25, -0.2) is 0 Å². The predicted octanol–water partition coefficient (Wildman–Crippen LogP) is 3.46. The zero-order chi connectivity index (χ0) is 19.3.